The molecule has 1 aromatic carbocycles. The number of rotatable bonds is 7. The first-order valence-corrected chi connectivity index (χ1v) is 7.98. The van der Waals surface area contributed by atoms with E-state index in [1.54, 1.807) is 40.0 Å². The highest BCUT2D eigenvalue weighted by Crippen LogP contribution is 2.31. The van der Waals surface area contributed by atoms with Crippen molar-refractivity contribution in [3.05, 3.63) is 29.0 Å². The molecule has 2 rings (SSSR count). The van der Waals surface area contributed by atoms with Gasteiger partial charge in [0, 0.05) is 23.6 Å². The van der Waals surface area contributed by atoms with Crippen LogP contribution in [0.2, 0.25) is 0 Å². The van der Waals surface area contributed by atoms with Crippen LogP contribution in [0, 0.1) is 6.92 Å². The molecule has 0 amide bonds. The highest BCUT2D eigenvalue weighted by atomic mass is 16.6. The van der Waals surface area contributed by atoms with Crippen LogP contribution in [0.25, 0.3) is 10.9 Å². The maximum absolute atomic E-state index is 12.3. The van der Waals surface area contributed by atoms with Crippen molar-refractivity contribution in [2.75, 3.05) is 19.8 Å². The zero-order chi connectivity index (χ0) is 18.6. The van der Waals surface area contributed by atoms with Crippen molar-refractivity contribution in [2.45, 2.75) is 20.8 Å². The summed E-state index contributed by atoms with van der Waals surface area (Å²) in [5, 5.41) is 0.600. The first-order chi connectivity index (χ1) is 11.9. The first-order valence-electron chi connectivity index (χ1n) is 7.98. The van der Waals surface area contributed by atoms with E-state index in [9.17, 15) is 14.4 Å². The number of ether oxygens (including phenoxy) is 3. The van der Waals surface area contributed by atoms with Gasteiger partial charge in [-0.25, -0.2) is 9.59 Å². The summed E-state index contributed by atoms with van der Waals surface area (Å²) >= 11 is 0. The number of aromatic nitrogens is 1. The van der Waals surface area contributed by atoms with Crippen LogP contribution in [-0.4, -0.2) is 42.6 Å². The molecule has 0 aliphatic carbocycles. The van der Waals surface area contributed by atoms with Crippen molar-refractivity contribution in [3.63, 3.8) is 0 Å². The van der Waals surface area contributed by atoms with Crippen LogP contribution in [0.1, 0.15) is 40.3 Å². The van der Waals surface area contributed by atoms with Crippen molar-refractivity contribution in [2.24, 2.45) is 7.05 Å². The third-order valence-electron chi connectivity index (χ3n) is 3.88. The zero-order valence-corrected chi connectivity index (χ0v) is 14.8. The van der Waals surface area contributed by atoms with Crippen LogP contribution >= 0.6 is 0 Å². The Balaban J connectivity index is 2.52. The Morgan fingerprint density at radius 1 is 1.16 bits per heavy atom. The van der Waals surface area contributed by atoms with E-state index in [1.165, 1.54) is 0 Å². The summed E-state index contributed by atoms with van der Waals surface area (Å²) in [6.45, 7) is 5.41. The van der Waals surface area contributed by atoms with Crippen LogP contribution in [0.5, 0.6) is 5.75 Å². The number of carbonyl (C=O) groups excluding carboxylic acids is 3. The fraction of sp³-hybridized carbons (Fsp3) is 0.389. The molecule has 0 radical (unpaired) electrons. The molecule has 0 aliphatic rings. The summed E-state index contributed by atoms with van der Waals surface area (Å²) in [7, 11) is 1.80. The smallest absolute Gasteiger partial charge is 0.344 e. The molecule has 0 N–H and O–H groups in total. The lowest BCUT2D eigenvalue weighted by molar-refractivity contribution is -0.145. The summed E-state index contributed by atoms with van der Waals surface area (Å²) < 4.78 is 17.2. The molecular weight excluding hydrogens is 326 g/mol. The summed E-state index contributed by atoms with van der Waals surface area (Å²) in [5.74, 6) is -0.762. The molecule has 0 aliphatic heterocycles. The summed E-state index contributed by atoms with van der Waals surface area (Å²) in [4.78, 5) is 35.2. The minimum absolute atomic E-state index is 0.215. The third-order valence-corrected chi connectivity index (χ3v) is 3.88. The van der Waals surface area contributed by atoms with Crippen molar-refractivity contribution >= 4 is 29.1 Å². The Bertz CT molecular complexity index is 821. The molecule has 7 nitrogen and oxygen atoms in total. The van der Waals surface area contributed by atoms with E-state index in [4.69, 9.17) is 14.2 Å². The van der Waals surface area contributed by atoms with Crippen molar-refractivity contribution < 1.29 is 28.6 Å². The van der Waals surface area contributed by atoms with Gasteiger partial charge in [0.2, 0.25) is 0 Å². The van der Waals surface area contributed by atoms with Gasteiger partial charge in [-0.15, -0.1) is 0 Å². The van der Waals surface area contributed by atoms with Crippen molar-refractivity contribution in [1.29, 1.82) is 0 Å². The van der Waals surface area contributed by atoms with Gasteiger partial charge in [0.25, 0.3) is 0 Å². The zero-order valence-electron chi connectivity index (χ0n) is 14.8. The lowest BCUT2D eigenvalue weighted by atomic mass is 10.1. The van der Waals surface area contributed by atoms with Gasteiger partial charge < -0.3 is 18.8 Å². The lowest BCUT2D eigenvalue weighted by Crippen LogP contribution is -2.15. The maximum Gasteiger partial charge on any atom is 0.344 e. The maximum atomic E-state index is 12.3. The predicted molar refractivity (Wildman–Crippen MR) is 91.1 cm³/mol. The number of fused-ring (bicyclic) bond motifs is 1. The summed E-state index contributed by atoms with van der Waals surface area (Å²) in [6, 6.07) is 3.20. The van der Waals surface area contributed by atoms with Gasteiger partial charge >= 0.3 is 11.9 Å². The molecule has 0 spiro atoms. The number of hydrogen-bond acceptors (Lipinski definition) is 6. The van der Waals surface area contributed by atoms with Gasteiger partial charge in [0.1, 0.15) is 5.75 Å². The van der Waals surface area contributed by atoms with Crippen LogP contribution in [0.15, 0.2) is 12.1 Å². The largest absolute Gasteiger partial charge is 0.481 e. The average Bonchev–Trinajstić information content (AvgIpc) is 2.83. The number of benzene rings is 1. The summed E-state index contributed by atoms with van der Waals surface area (Å²) in [6.07, 6.45) is 0.645. The number of aryl methyl sites for hydroxylation is 1. The Labute approximate surface area is 145 Å². The first kappa shape index (κ1) is 18.5. The predicted octanol–water partition coefficient (Wildman–Crippen LogP) is 2.42. The molecular formula is C18H21NO6. The molecule has 0 atom stereocenters. The monoisotopic (exact) mass is 347 g/mol. The van der Waals surface area contributed by atoms with Gasteiger partial charge in [-0.1, -0.05) is 0 Å². The fourth-order valence-corrected chi connectivity index (χ4v) is 2.62. The molecule has 7 heteroatoms. The minimum atomic E-state index is -0.533. The Hall–Kier alpha value is -2.83. The SMILES string of the molecule is CCOC(=O)COc1cc2c(C(=O)OCC)c(C)n(C)c2cc1C=O. The van der Waals surface area contributed by atoms with Gasteiger partial charge in [-0.05, 0) is 32.9 Å². The number of esters is 2. The van der Waals surface area contributed by atoms with Gasteiger partial charge in [-0.2, -0.15) is 0 Å². The molecule has 134 valence electrons. The lowest BCUT2D eigenvalue weighted by Gasteiger charge is -2.09. The van der Waals surface area contributed by atoms with Gasteiger partial charge in [0.05, 0.1) is 24.3 Å². The number of nitrogens with zero attached hydrogens (tertiary/aromatic N) is 1. The van der Waals surface area contributed by atoms with Crippen LogP contribution in [0.4, 0.5) is 0 Å². The van der Waals surface area contributed by atoms with E-state index in [0.29, 0.717) is 28.4 Å². The second-order valence-corrected chi connectivity index (χ2v) is 5.36. The van der Waals surface area contributed by atoms with E-state index in [0.717, 1.165) is 0 Å². The molecule has 0 saturated carbocycles. The van der Waals surface area contributed by atoms with E-state index < -0.39 is 11.9 Å². The van der Waals surface area contributed by atoms with E-state index in [1.807, 2.05) is 4.57 Å². The number of hydrogen-bond donors (Lipinski definition) is 0. The standard InChI is InChI=1S/C18H21NO6/c1-5-23-16(21)10-25-15-8-13-14(7-12(15)9-20)19(4)11(3)17(13)18(22)24-6-2/h7-9H,5-6,10H2,1-4H3. The molecule has 0 bridgehead atoms. The molecule has 1 heterocycles. The van der Waals surface area contributed by atoms with Crippen LogP contribution < -0.4 is 4.74 Å². The molecule has 2 aromatic rings. The van der Waals surface area contributed by atoms with Crippen molar-refractivity contribution in [1.82, 2.24) is 4.57 Å². The highest BCUT2D eigenvalue weighted by Gasteiger charge is 2.22. The average molecular weight is 347 g/mol. The molecule has 0 unspecified atom stereocenters. The van der Waals surface area contributed by atoms with Crippen LogP contribution in [0.3, 0.4) is 0 Å². The molecule has 1 aromatic heterocycles. The van der Waals surface area contributed by atoms with E-state index >= 15 is 0 Å². The minimum Gasteiger partial charge on any atom is -0.481 e. The second kappa shape index (κ2) is 7.83. The third kappa shape index (κ3) is 3.65. The second-order valence-electron chi connectivity index (χ2n) is 5.36. The Morgan fingerprint density at radius 2 is 1.84 bits per heavy atom. The van der Waals surface area contributed by atoms with E-state index in [2.05, 4.69) is 0 Å². The fourth-order valence-electron chi connectivity index (χ4n) is 2.62. The highest BCUT2D eigenvalue weighted by molar-refractivity contribution is 6.07. The molecule has 0 fully saturated rings. The number of aldehydes is 1. The Kier molecular flexibility index (Phi) is 5.80. The van der Waals surface area contributed by atoms with Crippen LogP contribution in [-0.2, 0) is 21.3 Å². The van der Waals surface area contributed by atoms with Crippen molar-refractivity contribution in [3.8, 4) is 5.75 Å². The van der Waals surface area contributed by atoms with E-state index in [-0.39, 0.29) is 31.1 Å². The normalized spacial score (nSPS) is 10.6. The van der Waals surface area contributed by atoms with Gasteiger partial charge in [-0.3, -0.25) is 4.79 Å². The quantitative estimate of drug-likeness (QED) is 0.565. The Morgan fingerprint density at radius 3 is 2.44 bits per heavy atom. The number of carbonyl (C=O) groups is 3. The van der Waals surface area contributed by atoms with Gasteiger partial charge in [0.15, 0.2) is 12.9 Å². The molecule has 25 heavy (non-hydrogen) atoms. The molecule has 0 saturated heterocycles. The topological polar surface area (TPSA) is 83.8 Å². The summed E-state index contributed by atoms with van der Waals surface area (Å²) in [5.41, 5.74) is 2.12.